The molecule has 1 N–H and O–H groups in total. The van der Waals surface area contributed by atoms with Crippen molar-refractivity contribution >= 4 is 29.3 Å². The summed E-state index contributed by atoms with van der Waals surface area (Å²) in [4.78, 5) is 23.3. The molecule has 1 amide bonds. The van der Waals surface area contributed by atoms with Crippen molar-refractivity contribution in [2.24, 2.45) is 0 Å². The average molecular weight is 389 g/mol. The molecule has 0 saturated carbocycles. The molecular formula is C13H12F5NO5S. The highest BCUT2D eigenvalue weighted by Crippen LogP contribution is 2.35. The fourth-order valence-electron chi connectivity index (χ4n) is 1.62. The number of rotatable bonds is 7. The summed E-state index contributed by atoms with van der Waals surface area (Å²) in [6.07, 6.45) is 0. The van der Waals surface area contributed by atoms with Crippen LogP contribution >= 0.6 is 11.8 Å². The van der Waals surface area contributed by atoms with E-state index in [0.717, 1.165) is 26.4 Å². The molecule has 0 bridgehead atoms. The van der Waals surface area contributed by atoms with E-state index >= 15 is 0 Å². The molecule has 12 heteroatoms. The van der Waals surface area contributed by atoms with Gasteiger partial charge in [0, 0.05) is 12.1 Å². The molecule has 6 nitrogen and oxygen atoms in total. The number of ether oxygens (including phenoxy) is 3. The Kier molecular flexibility index (Phi) is 7.27. The molecule has 0 heterocycles. The normalized spacial score (nSPS) is 11.2. The fourth-order valence-corrected chi connectivity index (χ4v) is 1.99. The zero-order chi connectivity index (χ0) is 19.2. The van der Waals surface area contributed by atoms with E-state index in [1.165, 1.54) is 0 Å². The molecule has 0 radical (unpaired) electrons. The molecule has 0 aliphatic rings. The quantitative estimate of drug-likeness (QED) is 0.570. The second kappa shape index (κ2) is 8.74. The number of anilines is 1. The molecule has 0 aromatic heterocycles. The van der Waals surface area contributed by atoms with E-state index in [9.17, 15) is 31.5 Å². The van der Waals surface area contributed by atoms with E-state index < -0.39 is 47.3 Å². The van der Waals surface area contributed by atoms with Gasteiger partial charge < -0.3 is 19.5 Å². The number of nitrogens with one attached hydrogen (secondary N) is 1. The summed E-state index contributed by atoms with van der Waals surface area (Å²) >= 11 is -0.601. The van der Waals surface area contributed by atoms with Crippen molar-refractivity contribution in [1.29, 1.82) is 0 Å². The number of alkyl halides is 5. The van der Waals surface area contributed by atoms with Crippen LogP contribution in [0, 0.1) is 0 Å². The van der Waals surface area contributed by atoms with Crippen LogP contribution in [0.15, 0.2) is 12.1 Å². The van der Waals surface area contributed by atoms with Crippen molar-refractivity contribution in [3.8, 4) is 11.5 Å². The summed E-state index contributed by atoms with van der Waals surface area (Å²) in [5.41, 5.74) is -5.31. The van der Waals surface area contributed by atoms with Gasteiger partial charge in [0.25, 0.3) is 0 Å². The van der Waals surface area contributed by atoms with Crippen molar-refractivity contribution in [2.75, 3.05) is 25.3 Å². The van der Waals surface area contributed by atoms with Gasteiger partial charge in [0.2, 0.25) is 5.91 Å². The lowest BCUT2D eigenvalue weighted by atomic mass is 10.1. The maximum atomic E-state index is 12.4. The highest BCUT2D eigenvalue weighted by Gasteiger charge is 2.29. The number of esters is 1. The third-order valence-electron chi connectivity index (χ3n) is 2.57. The minimum absolute atomic E-state index is 0.261. The van der Waals surface area contributed by atoms with Crippen molar-refractivity contribution in [3.63, 3.8) is 0 Å². The number of carbonyl (C=O) groups is 2. The summed E-state index contributed by atoms with van der Waals surface area (Å²) < 4.78 is 74.7. The molecule has 140 valence electrons. The largest absolute Gasteiger partial charge is 0.493 e. The lowest BCUT2D eigenvalue weighted by molar-refractivity contribution is -0.114. The third-order valence-corrected chi connectivity index (χ3v) is 3.30. The molecule has 1 rings (SSSR count). The SMILES string of the molecule is COC(=O)c1cc(OC)c(OC(F)F)cc1NC(=O)CSC(F)(F)F. The number of benzene rings is 1. The summed E-state index contributed by atoms with van der Waals surface area (Å²) in [5, 5.41) is 2.02. The van der Waals surface area contributed by atoms with E-state index in [1.807, 2.05) is 5.32 Å². The van der Waals surface area contributed by atoms with Crippen molar-refractivity contribution < 1.29 is 45.8 Å². The van der Waals surface area contributed by atoms with Gasteiger partial charge in [-0.15, -0.1) is 0 Å². The van der Waals surface area contributed by atoms with Crippen LogP contribution in [0.4, 0.5) is 27.6 Å². The predicted molar refractivity (Wildman–Crippen MR) is 78.1 cm³/mol. The van der Waals surface area contributed by atoms with Crippen LogP contribution in [0.5, 0.6) is 11.5 Å². The zero-order valence-corrected chi connectivity index (χ0v) is 13.6. The van der Waals surface area contributed by atoms with Gasteiger partial charge in [0.05, 0.1) is 31.2 Å². The van der Waals surface area contributed by atoms with Crippen LogP contribution in [-0.4, -0.2) is 44.0 Å². The summed E-state index contributed by atoms with van der Waals surface area (Å²) in [6, 6.07) is 1.78. The van der Waals surface area contributed by atoms with Crippen LogP contribution in [0.1, 0.15) is 10.4 Å². The maximum absolute atomic E-state index is 12.4. The van der Waals surface area contributed by atoms with Crippen LogP contribution in [0.3, 0.4) is 0 Å². The highest BCUT2D eigenvalue weighted by atomic mass is 32.2. The summed E-state index contributed by atoms with van der Waals surface area (Å²) in [5.74, 6) is -3.87. The first-order valence-corrected chi connectivity index (χ1v) is 7.31. The van der Waals surface area contributed by atoms with Gasteiger partial charge in [-0.3, -0.25) is 4.79 Å². The Hall–Kier alpha value is -2.24. The minimum Gasteiger partial charge on any atom is -0.493 e. The Morgan fingerprint density at radius 2 is 1.84 bits per heavy atom. The van der Waals surface area contributed by atoms with Gasteiger partial charge in [0.1, 0.15) is 0 Å². The van der Waals surface area contributed by atoms with Crippen LogP contribution in [-0.2, 0) is 9.53 Å². The number of hydrogen-bond donors (Lipinski definition) is 1. The van der Waals surface area contributed by atoms with Gasteiger partial charge in [-0.1, -0.05) is 0 Å². The highest BCUT2D eigenvalue weighted by molar-refractivity contribution is 8.00. The molecule has 0 fully saturated rings. The van der Waals surface area contributed by atoms with Crippen LogP contribution in [0.25, 0.3) is 0 Å². The average Bonchev–Trinajstić information content (AvgIpc) is 2.51. The third kappa shape index (κ3) is 6.64. The molecule has 25 heavy (non-hydrogen) atoms. The van der Waals surface area contributed by atoms with Gasteiger partial charge in [-0.25, -0.2) is 4.79 Å². The maximum Gasteiger partial charge on any atom is 0.442 e. The van der Waals surface area contributed by atoms with Crippen LogP contribution in [0.2, 0.25) is 0 Å². The van der Waals surface area contributed by atoms with Gasteiger partial charge >= 0.3 is 18.1 Å². The predicted octanol–water partition coefficient (Wildman–Crippen LogP) is 3.27. The topological polar surface area (TPSA) is 73.9 Å². The van der Waals surface area contributed by atoms with E-state index in [0.29, 0.717) is 0 Å². The van der Waals surface area contributed by atoms with E-state index in [2.05, 4.69) is 9.47 Å². The number of thioether (sulfide) groups is 1. The molecule has 1 aromatic carbocycles. The molecule has 0 spiro atoms. The Labute approximate surface area is 142 Å². The molecule has 0 saturated heterocycles. The van der Waals surface area contributed by atoms with Crippen LogP contribution < -0.4 is 14.8 Å². The fraction of sp³-hybridized carbons (Fsp3) is 0.385. The van der Waals surface area contributed by atoms with E-state index in [4.69, 9.17) is 4.74 Å². The molecule has 1 aromatic rings. The van der Waals surface area contributed by atoms with Crippen molar-refractivity contribution in [1.82, 2.24) is 0 Å². The molecule has 0 aliphatic heterocycles. The van der Waals surface area contributed by atoms with Gasteiger partial charge in [-0.2, -0.15) is 22.0 Å². The number of amides is 1. The smallest absolute Gasteiger partial charge is 0.442 e. The van der Waals surface area contributed by atoms with E-state index in [1.54, 1.807) is 0 Å². The van der Waals surface area contributed by atoms with Gasteiger partial charge in [-0.05, 0) is 11.8 Å². The first-order chi connectivity index (χ1) is 11.6. The monoisotopic (exact) mass is 389 g/mol. The Balaban J connectivity index is 3.16. The van der Waals surface area contributed by atoms with Gasteiger partial charge in [0.15, 0.2) is 11.5 Å². The van der Waals surface area contributed by atoms with Crippen molar-refractivity contribution in [2.45, 2.75) is 12.1 Å². The first-order valence-electron chi connectivity index (χ1n) is 6.33. The molecule has 0 aliphatic carbocycles. The second-order valence-corrected chi connectivity index (χ2v) is 5.24. The zero-order valence-electron chi connectivity index (χ0n) is 12.8. The molecule has 0 atom stereocenters. The Bertz CT molecular complexity index is 638. The standard InChI is InChI=1S/C13H12F5NO5S/c1-22-8-3-6(11(21)23-2)7(4-9(8)24-12(14)15)19-10(20)5-25-13(16,17)18/h3-4,12H,5H2,1-2H3,(H,19,20). The summed E-state index contributed by atoms with van der Waals surface area (Å²) in [6.45, 7) is -3.23. The Morgan fingerprint density at radius 1 is 1.20 bits per heavy atom. The second-order valence-electron chi connectivity index (χ2n) is 4.20. The summed E-state index contributed by atoms with van der Waals surface area (Å²) in [7, 11) is 2.14. The number of methoxy groups -OCH3 is 2. The molecule has 0 unspecified atom stereocenters. The number of carbonyl (C=O) groups excluding carboxylic acids is 2. The minimum atomic E-state index is -4.63. The van der Waals surface area contributed by atoms with E-state index in [-0.39, 0.29) is 17.0 Å². The number of hydrogen-bond acceptors (Lipinski definition) is 6. The first kappa shape index (κ1) is 20.8. The lowest BCUT2D eigenvalue weighted by Crippen LogP contribution is -2.19. The van der Waals surface area contributed by atoms with Crippen molar-refractivity contribution in [3.05, 3.63) is 17.7 Å². The number of halogens is 5. The molecular weight excluding hydrogens is 377 g/mol. The Morgan fingerprint density at radius 3 is 2.32 bits per heavy atom. The lowest BCUT2D eigenvalue weighted by Gasteiger charge is -2.15.